The van der Waals surface area contributed by atoms with Crippen molar-refractivity contribution in [3.05, 3.63) is 84.8 Å². The molecule has 4 aromatic rings. The molecule has 0 unspecified atom stereocenters. The van der Waals surface area contributed by atoms with Gasteiger partial charge in [0.25, 0.3) is 0 Å². The lowest BCUT2D eigenvalue weighted by Crippen LogP contribution is -2.19. The summed E-state index contributed by atoms with van der Waals surface area (Å²) in [7, 11) is 0. The summed E-state index contributed by atoms with van der Waals surface area (Å²) in [6.07, 6.45) is -1.65. The van der Waals surface area contributed by atoms with E-state index in [1.165, 1.54) is 18.5 Å². The maximum absolute atomic E-state index is 12.2. The molecule has 2 amide bonds. The molecule has 0 saturated carbocycles. The summed E-state index contributed by atoms with van der Waals surface area (Å²) in [6.45, 7) is 1.97. The van der Waals surface area contributed by atoms with Crippen LogP contribution in [-0.4, -0.2) is 27.3 Å². The minimum atomic E-state index is -4.78. The van der Waals surface area contributed by atoms with Crippen LogP contribution in [0.1, 0.15) is 5.56 Å². The molecule has 0 spiro atoms. The van der Waals surface area contributed by atoms with Gasteiger partial charge in [0.1, 0.15) is 29.5 Å². The summed E-state index contributed by atoms with van der Waals surface area (Å²) in [4.78, 5) is 24.8. The first-order valence-corrected chi connectivity index (χ1v) is 10.5. The van der Waals surface area contributed by atoms with E-state index in [2.05, 4.69) is 41.0 Å². The molecule has 0 atom stereocenters. The molecule has 2 aromatic heterocycles. The molecule has 9 nitrogen and oxygen atoms in total. The van der Waals surface area contributed by atoms with Gasteiger partial charge in [-0.25, -0.2) is 19.7 Å². The molecule has 12 heteroatoms. The van der Waals surface area contributed by atoms with E-state index in [1.807, 2.05) is 19.1 Å². The van der Waals surface area contributed by atoms with Crippen LogP contribution in [0.5, 0.6) is 5.75 Å². The van der Waals surface area contributed by atoms with E-state index in [0.717, 1.165) is 23.4 Å². The number of ether oxygens (including phenoxy) is 1. The highest BCUT2D eigenvalue weighted by Crippen LogP contribution is 2.24. The van der Waals surface area contributed by atoms with Gasteiger partial charge in [0.05, 0.1) is 0 Å². The highest BCUT2D eigenvalue weighted by molar-refractivity contribution is 5.99. The maximum atomic E-state index is 12.2. The van der Waals surface area contributed by atoms with Crippen molar-refractivity contribution in [2.24, 2.45) is 0 Å². The molecule has 4 N–H and O–H groups in total. The Kier molecular flexibility index (Phi) is 7.14. The van der Waals surface area contributed by atoms with Crippen molar-refractivity contribution in [1.29, 1.82) is 0 Å². The molecule has 2 aromatic carbocycles. The molecule has 0 bridgehead atoms. The standard InChI is InChI=1S/C24H20F3N7O2/c1-15-10-11-28-20(12-15)34-22-13-21(29-14-30-22)31-16-2-4-17(5-3-16)32-23(35)33-18-6-8-19(9-7-18)36-24(25,26)27/h2-14H,1H3,(H2,32,33,35)(H2,28,29,30,31,34). The Morgan fingerprint density at radius 3 is 1.92 bits per heavy atom. The van der Waals surface area contributed by atoms with Gasteiger partial charge in [-0.3, -0.25) is 0 Å². The predicted octanol–water partition coefficient (Wildman–Crippen LogP) is 6.21. The first-order chi connectivity index (χ1) is 17.2. The van der Waals surface area contributed by atoms with Gasteiger partial charge >= 0.3 is 12.4 Å². The fourth-order valence-electron chi connectivity index (χ4n) is 3.05. The number of urea groups is 1. The Morgan fingerprint density at radius 2 is 1.31 bits per heavy atom. The number of hydrogen-bond donors (Lipinski definition) is 4. The molecule has 4 rings (SSSR count). The number of nitrogens with zero attached hydrogens (tertiary/aromatic N) is 3. The molecule has 36 heavy (non-hydrogen) atoms. The second-order valence-corrected chi connectivity index (χ2v) is 7.49. The van der Waals surface area contributed by atoms with Crippen molar-refractivity contribution in [3.8, 4) is 5.75 Å². The van der Waals surface area contributed by atoms with Crippen LogP contribution in [0.25, 0.3) is 0 Å². The third kappa shape index (κ3) is 7.32. The Bertz CT molecular complexity index is 1330. The Labute approximate surface area is 203 Å². The van der Waals surface area contributed by atoms with Crippen LogP contribution in [0.15, 0.2) is 79.3 Å². The van der Waals surface area contributed by atoms with Crippen molar-refractivity contribution in [1.82, 2.24) is 15.0 Å². The summed E-state index contributed by atoms with van der Waals surface area (Å²) in [5, 5.41) is 11.4. The third-order valence-corrected chi connectivity index (χ3v) is 4.60. The minimum Gasteiger partial charge on any atom is -0.406 e. The first-order valence-electron chi connectivity index (χ1n) is 10.5. The monoisotopic (exact) mass is 495 g/mol. The van der Waals surface area contributed by atoms with Gasteiger partial charge in [-0.15, -0.1) is 13.2 Å². The van der Waals surface area contributed by atoms with Gasteiger partial charge < -0.3 is 26.0 Å². The lowest BCUT2D eigenvalue weighted by molar-refractivity contribution is -0.274. The number of hydrogen-bond acceptors (Lipinski definition) is 7. The third-order valence-electron chi connectivity index (χ3n) is 4.60. The molecular weight excluding hydrogens is 475 g/mol. The number of halogens is 3. The number of aryl methyl sites for hydroxylation is 1. The van der Waals surface area contributed by atoms with E-state index in [0.29, 0.717) is 28.8 Å². The fourth-order valence-corrected chi connectivity index (χ4v) is 3.05. The van der Waals surface area contributed by atoms with Crippen LogP contribution >= 0.6 is 0 Å². The van der Waals surface area contributed by atoms with Gasteiger partial charge in [0.15, 0.2) is 0 Å². The van der Waals surface area contributed by atoms with Crippen molar-refractivity contribution in [2.45, 2.75) is 13.3 Å². The summed E-state index contributed by atoms with van der Waals surface area (Å²) in [6, 6.07) is 16.6. The van der Waals surface area contributed by atoms with Gasteiger partial charge in [-0.05, 0) is 73.2 Å². The highest BCUT2D eigenvalue weighted by atomic mass is 19.4. The molecule has 0 fully saturated rings. The van der Waals surface area contributed by atoms with Gasteiger partial charge in [-0.1, -0.05) is 0 Å². The Hall–Kier alpha value is -4.87. The smallest absolute Gasteiger partial charge is 0.406 e. The molecule has 2 heterocycles. The molecule has 0 aliphatic heterocycles. The quantitative estimate of drug-likeness (QED) is 0.241. The van der Waals surface area contributed by atoms with Crippen LogP contribution < -0.4 is 26.0 Å². The lowest BCUT2D eigenvalue weighted by Gasteiger charge is -2.11. The van der Waals surface area contributed by atoms with E-state index in [9.17, 15) is 18.0 Å². The van der Waals surface area contributed by atoms with Crippen molar-refractivity contribution in [2.75, 3.05) is 21.3 Å². The predicted molar refractivity (Wildman–Crippen MR) is 130 cm³/mol. The summed E-state index contributed by atoms with van der Waals surface area (Å²) in [5.41, 5.74) is 2.59. The summed E-state index contributed by atoms with van der Waals surface area (Å²) >= 11 is 0. The molecule has 0 saturated heterocycles. The van der Waals surface area contributed by atoms with Crippen LogP contribution in [-0.2, 0) is 0 Å². The number of anilines is 6. The SMILES string of the molecule is Cc1ccnc(Nc2cc(Nc3ccc(NC(=O)Nc4ccc(OC(F)(F)F)cc4)cc3)ncn2)c1. The van der Waals surface area contributed by atoms with Crippen molar-refractivity contribution < 1.29 is 22.7 Å². The average molecular weight is 495 g/mol. The van der Waals surface area contributed by atoms with E-state index in [-0.39, 0.29) is 5.75 Å². The number of rotatable bonds is 7. The van der Waals surface area contributed by atoms with Gasteiger partial charge in [-0.2, -0.15) is 0 Å². The van der Waals surface area contributed by atoms with Crippen molar-refractivity contribution in [3.63, 3.8) is 0 Å². The van der Waals surface area contributed by atoms with Gasteiger partial charge in [0.2, 0.25) is 0 Å². The van der Waals surface area contributed by atoms with Crippen molar-refractivity contribution >= 4 is 40.5 Å². The van der Waals surface area contributed by atoms with E-state index in [4.69, 9.17) is 0 Å². The second kappa shape index (κ2) is 10.6. The molecule has 0 radical (unpaired) electrons. The van der Waals surface area contributed by atoms with Crippen LogP contribution in [0, 0.1) is 6.92 Å². The molecular formula is C24H20F3N7O2. The van der Waals surface area contributed by atoms with E-state index >= 15 is 0 Å². The normalized spacial score (nSPS) is 10.9. The molecule has 184 valence electrons. The van der Waals surface area contributed by atoms with Crippen LogP contribution in [0.3, 0.4) is 0 Å². The van der Waals surface area contributed by atoms with E-state index < -0.39 is 12.4 Å². The number of alkyl halides is 3. The van der Waals surface area contributed by atoms with Crippen LogP contribution in [0.4, 0.5) is 52.5 Å². The second-order valence-electron chi connectivity index (χ2n) is 7.49. The minimum absolute atomic E-state index is 0.300. The number of pyridine rings is 1. The lowest BCUT2D eigenvalue weighted by atomic mass is 10.2. The first kappa shape index (κ1) is 24.3. The zero-order valence-corrected chi connectivity index (χ0v) is 18.8. The largest absolute Gasteiger partial charge is 0.573 e. The average Bonchev–Trinajstić information content (AvgIpc) is 2.81. The summed E-state index contributed by atoms with van der Waals surface area (Å²) < 4.78 is 40.5. The number of nitrogens with one attached hydrogen (secondary N) is 4. The van der Waals surface area contributed by atoms with Gasteiger partial charge in [0, 0.05) is 29.3 Å². The number of carbonyl (C=O) groups excluding carboxylic acids is 1. The zero-order valence-electron chi connectivity index (χ0n) is 18.8. The number of carbonyl (C=O) groups is 1. The molecule has 0 aliphatic carbocycles. The molecule has 0 aliphatic rings. The highest BCUT2D eigenvalue weighted by Gasteiger charge is 2.30. The number of aromatic nitrogens is 3. The van der Waals surface area contributed by atoms with E-state index in [1.54, 1.807) is 36.5 Å². The summed E-state index contributed by atoms with van der Waals surface area (Å²) in [5.74, 6) is 1.41. The maximum Gasteiger partial charge on any atom is 0.573 e. The fraction of sp³-hybridized carbons (Fsp3) is 0.0833. The van der Waals surface area contributed by atoms with Crippen LogP contribution in [0.2, 0.25) is 0 Å². The number of benzene rings is 2. The zero-order chi connectivity index (χ0) is 25.5. The topological polar surface area (TPSA) is 113 Å². The Balaban J connectivity index is 1.31. The Morgan fingerprint density at radius 1 is 0.750 bits per heavy atom. The number of amides is 2.